The van der Waals surface area contributed by atoms with E-state index in [1.807, 2.05) is 0 Å². The Hall–Kier alpha value is -0.0800. The molecule has 0 saturated carbocycles. The van der Waals surface area contributed by atoms with E-state index in [1.165, 1.54) is 0 Å². The Kier molecular flexibility index (Phi) is 1.69. The van der Waals surface area contributed by atoms with Gasteiger partial charge in [0.05, 0.1) is 13.2 Å². The molecule has 3 atom stereocenters. The third-order valence-corrected chi connectivity index (χ3v) is 3.03. The normalized spacial score (nSPS) is 44.2. The summed E-state index contributed by atoms with van der Waals surface area (Å²) in [4.78, 5) is 2.48. The molecule has 64 valence electrons. The van der Waals surface area contributed by atoms with Gasteiger partial charge >= 0.3 is 0 Å². The first-order chi connectivity index (χ1) is 5.22. The maximum Gasteiger partial charge on any atom is 0.0532 e. The number of hydrogen-bond donors (Lipinski definition) is 0. The SMILES string of the molecule is CC(C)[C@H]1[C@@H](C2COC2)N1C. The molecule has 2 nitrogen and oxygen atoms in total. The van der Waals surface area contributed by atoms with Crippen LogP contribution in [-0.2, 0) is 4.74 Å². The average Bonchev–Trinajstić information content (AvgIpc) is 2.37. The van der Waals surface area contributed by atoms with Crippen LogP contribution >= 0.6 is 0 Å². The molecule has 2 saturated heterocycles. The van der Waals surface area contributed by atoms with Crippen LogP contribution in [0.3, 0.4) is 0 Å². The molecule has 0 spiro atoms. The van der Waals surface area contributed by atoms with Crippen LogP contribution in [-0.4, -0.2) is 37.2 Å². The lowest BCUT2D eigenvalue weighted by atomic mass is 9.97. The van der Waals surface area contributed by atoms with Crippen LogP contribution in [0.2, 0.25) is 0 Å². The molecule has 0 bridgehead atoms. The molecule has 1 unspecified atom stereocenters. The molecule has 0 aromatic carbocycles. The predicted octanol–water partition coefficient (Wildman–Crippen LogP) is 0.971. The summed E-state index contributed by atoms with van der Waals surface area (Å²) in [5.74, 6) is 1.65. The van der Waals surface area contributed by atoms with Gasteiger partial charge in [-0.3, -0.25) is 4.90 Å². The lowest BCUT2D eigenvalue weighted by molar-refractivity contribution is -0.0372. The zero-order valence-electron chi connectivity index (χ0n) is 7.58. The first-order valence-electron chi connectivity index (χ1n) is 4.51. The van der Waals surface area contributed by atoms with Gasteiger partial charge in [0.25, 0.3) is 0 Å². The van der Waals surface area contributed by atoms with Gasteiger partial charge < -0.3 is 4.74 Å². The van der Waals surface area contributed by atoms with E-state index in [4.69, 9.17) is 4.74 Å². The van der Waals surface area contributed by atoms with Crippen molar-refractivity contribution in [2.45, 2.75) is 25.9 Å². The Morgan fingerprint density at radius 2 is 2.00 bits per heavy atom. The number of ether oxygens (including phenoxy) is 1. The molecule has 0 aliphatic carbocycles. The molecular formula is C9H17NO. The van der Waals surface area contributed by atoms with Gasteiger partial charge in [0.1, 0.15) is 0 Å². The smallest absolute Gasteiger partial charge is 0.0532 e. The highest BCUT2D eigenvalue weighted by molar-refractivity contribution is 5.06. The minimum Gasteiger partial charge on any atom is -0.381 e. The molecule has 0 aromatic rings. The Balaban J connectivity index is 1.88. The van der Waals surface area contributed by atoms with Crippen LogP contribution in [0.4, 0.5) is 0 Å². The minimum absolute atomic E-state index is 0.811. The second-order valence-corrected chi connectivity index (χ2v) is 4.19. The van der Waals surface area contributed by atoms with Crippen molar-refractivity contribution in [1.29, 1.82) is 0 Å². The quantitative estimate of drug-likeness (QED) is 0.551. The van der Waals surface area contributed by atoms with Crippen molar-refractivity contribution < 1.29 is 4.74 Å². The van der Waals surface area contributed by atoms with Crippen LogP contribution in [0, 0.1) is 11.8 Å². The number of hydrogen-bond acceptors (Lipinski definition) is 2. The maximum absolute atomic E-state index is 5.19. The Labute approximate surface area is 68.5 Å². The Morgan fingerprint density at radius 1 is 1.36 bits per heavy atom. The van der Waals surface area contributed by atoms with Crippen molar-refractivity contribution in [1.82, 2.24) is 4.90 Å². The number of rotatable bonds is 2. The first kappa shape index (κ1) is 7.56. The lowest BCUT2D eigenvalue weighted by Gasteiger charge is -2.25. The second kappa shape index (κ2) is 2.46. The maximum atomic E-state index is 5.19. The van der Waals surface area contributed by atoms with Gasteiger partial charge in [-0.25, -0.2) is 0 Å². The minimum atomic E-state index is 0.811. The first-order valence-corrected chi connectivity index (χ1v) is 4.51. The molecule has 0 radical (unpaired) electrons. The summed E-state index contributed by atoms with van der Waals surface area (Å²) in [6.45, 7) is 6.61. The predicted molar refractivity (Wildman–Crippen MR) is 44.5 cm³/mol. The van der Waals surface area contributed by atoms with E-state index in [2.05, 4.69) is 25.8 Å². The summed E-state index contributed by atoms with van der Waals surface area (Å²) in [6, 6.07) is 1.67. The highest BCUT2D eigenvalue weighted by atomic mass is 16.5. The van der Waals surface area contributed by atoms with Crippen molar-refractivity contribution in [3.63, 3.8) is 0 Å². The van der Waals surface area contributed by atoms with Gasteiger partial charge in [-0.05, 0) is 13.0 Å². The fraction of sp³-hybridized carbons (Fsp3) is 1.00. The largest absolute Gasteiger partial charge is 0.381 e. The molecular weight excluding hydrogens is 138 g/mol. The summed E-state index contributed by atoms with van der Waals surface area (Å²) in [7, 11) is 2.23. The molecule has 2 aliphatic heterocycles. The van der Waals surface area contributed by atoms with Crippen LogP contribution < -0.4 is 0 Å². The van der Waals surface area contributed by atoms with E-state index in [0.29, 0.717) is 0 Å². The van der Waals surface area contributed by atoms with E-state index < -0.39 is 0 Å². The zero-order valence-corrected chi connectivity index (χ0v) is 7.58. The molecule has 2 fully saturated rings. The van der Waals surface area contributed by atoms with Crippen molar-refractivity contribution in [2.24, 2.45) is 11.8 Å². The fourth-order valence-corrected chi connectivity index (χ4v) is 2.31. The molecule has 2 heteroatoms. The van der Waals surface area contributed by atoms with E-state index in [0.717, 1.165) is 37.1 Å². The summed E-state index contributed by atoms with van der Waals surface area (Å²) in [5, 5.41) is 0. The molecule has 11 heavy (non-hydrogen) atoms. The standard InChI is InChI=1S/C9H17NO/c1-6(2)8-9(10(8)3)7-4-11-5-7/h6-9H,4-5H2,1-3H3/t8-,9+,10?/m0/s1. The van der Waals surface area contributed by atoms with E-state index in [9.17, 15) is 0 Å². The highest BCUT2D eigenvalue weighted by Gasteiger charge is 2.52. The van der Waals surface area contributed by atoms with Gasteiger partial charge in [-0.15, -0.1) is 0 Å². The van der Waals surface area contributed by atoms with Gasteiger partial charge in [-0.2, -0.15) is 0 Å². The topological polar surface area (TPSA) is 12.2 Å². The van der Waals surface area contributed by atoms with Crippen LogP contribution in [0.15, 0.2) is 0 Å². The van der Waals surface area contributed by atoms with Crippen LogP contribution in [0.5, 0.6) is 0 Å². The summed E-state index contributed by atoms with van der Waals surface area (Å²) in [5.41, 5.74) is 0. The van der Waals surface area contributed by atoms with Crippen LogP contribution in [0.25, 0.3) is 0 Å². The molecule has 2 rings (SSSR count). The second-order valence-electron chi connectivity index (χ2n) is 4.19. The monoisotopic (exact) mass is 155 g/mol. The van der Waals surface area contributed by atoms with Crippen molar-refractivity contribution in [2.75, 3.05) is 20.3 Å². The van der Waals surface area contributed by atoms with Crippen molar-refractivity contribution >= 4 is 0 Å². The molecule has 0 N–H and O–H groups in total. The molecule has 0 aromatic heterocycles. The molecule has 0 amide bonds. The van der Waals surface area contributed by atoms with E-state index in [1.54, 1.807) is 0 Å². The Morgan fingerprint density at radius 3 is 2.27 bits per heavy atom. The summed E-state index contributed by atoms with van der Waals surface area (Å²) >= 11 is 0. The van der Waals surface area contributed by atoms with E-state index in [-0.39, 0.29) is 0 Å². The average molecular weight is 155 g/mol. The molecule has 2 aliphatic rings. The fourth-order valence-electron chi connectivity index (χ4n) is 2.31. The third-order valence-electron chi connectivity index (χ3n) is 3.03. The van der Waals surface area contributed by atoms with Gasteiger partial charge in [0.15, 0.2) is 0 Å². The zero-order chi connectivity index (χ0) is 8.01. The highest BCUT2D eigenvalue weighted by Crippen LogP contribution is 2.39. The molecule has 2 heterocycles. The van der Waals surface area contributed by atoms with Gasteiger partial charge in [0.2, 0.25) is 0 Å². The lowest BCUT2D eigenvalue weighted by Crippen LogP contribution is -2.34. The summed E-state index contributed by atoms with van der Waals surface area (Å²) in [6.07, 6.45) is 0. The van der Waals surface area contributed by atoms with Gasteiger partial charge in [-0.1, -0.05) is 13.8 Å². The Bertz CT molecular complexity index is 154. The van der Waals surface area contributed by atoms with Crippen molar-refractivity contribution in [3.05, 3.63) is 0 Å². The number of likely N-dealkylation sites (N-methyl/N-ethyl adjacent to an activating group) is 1. The summed E-state index contributed by atoms with van der Waals surface area (Å²) < 4.78 is 5.19. The van der Waals surface area contributed by atoms with Gasteiger partial charge in [0, 0.05) is 18.0 Å². The van der Waals surface area contributed by atoms with Crippen molar-refractivity contribution in [3.8, 4) is 0 Å². The number of nitrogens with zero attached hydrogens (tertiary/aromatic N) is 1. The van der Waals surface area contributed by atoms with E-state index >= 15 is 0 Å². The third kappa shape index (κ3) is 1.09. The van der Waals surface area contributed by atoms with Crippen LogP contribution in [0.1, 0.15) is 13.8 Å².